The Kier molecular flexibility index (Phi) is 7.05. The number of aliphatic hydroxyl groups excluding tert-OH is 1. The van der Waals surface area contributed by atoms with E-state index in [9.17, 15) is 13.5 Å². The van der Waals surface area contributed by atoms with Crippen molar-refractivity contribution in [1.29, 1.82) is 0 Å². The van der Waals surface area contributed by atoms with Crippen molar-refractivity contribution in [1.82, 2.24) is 0 Å². The largest absolute Gasteiger partial charge is 0.493 e. The van der Waals surface area contributed by atoms with Crippen LogP contribution in [0.15, 0.2) is 95.9 Å². The molecule has 5 nitrogen and oxygen atoms in total. The number of aliphatic hydroxyl groups is 1. The van der Waals surface area contributed by atoms with Crippen LogP contribution in [0.3, 0.4) is 0 Å². The average Bonchev–Trinajstić information content (AvgIpc) is 2.74. The molecular weight excluding hydrogens is 386 g/mol. The molecule has 0 amide bonds. The Morgan fingerprint density at radius 2 is 1.62 bits per heavy atom. The molecule has 0 aromatic heterocycles. The van der Waals surface area contributed by atoms with Crippen molar-refractivity contribution in [3.63, 3.8) is 0 Å². The minimum atomic E-state index is -3.64. The summed E-state index contributed by atoms with van der Waals surface area (Å²) >= 11 is 0. The smallest absolute Gasteiger partial charge is 0.261 e. The van der Waals surface area contributed by atoms with E-state index in [-0.39, 0.29) is 4.90 Å². The molecule has 150 valence electrons. The molecule has 29 heavy (non-hydrogen) atoms. The van der Waals surface area contributed by atoms with Crippen molar-refractivity contribution >= 4 is 21.8 Å². The van der Waals surface area contributed by atoms with Gasteiger partial charge in [0.25, 0.3) is 10.0 Å². The molecule has 0 heterocycles. The van der Waals surface area contributed by atoms with Crippen molar-refractivity contribution in [2.75, 3.05) is 11.3 Å². The van der Waals surface area contributed by atoms with Crippen LogP contribution >= 0.6 is 0 Å². The summed E-state index contributed by atoms with van der Waals surface area (Å²) in [6, 6.07) is 24.6. The van der Waals surface area contributed by atoms with Crippen LogP contribution in [-0.2, 0) is 10.0 Å². The molecule has 0 bridgehead atoms. The zero-order valence-electron chi connectivity index (χ0n) is 15.8. The first-order chi connectivity index (χ1) is 14.0. The lowest BCUT2D eigenvalue weighted by molar-refractivity contribution is 0.179. The quantitative estimate of drug-likeness (QED) is 0.552. The molecule has 0 aliphatic carbocycles. The van der Waals surface area contributed by atoms with E-state index in [1.54, 1.807) is 60.7 Å². The molecule has 3 rings (SSSR count). The van der Waals surface area contributed by atoms with Crippen LogP contribution in [0.5, 0.6) is 5.75 Å². The lowest BCUT2D eigenvalue weighted by Gasteiger charge is -2.09. The lowest BCUT2D eigenvalue weighted by atomic mass is 10.1. The number of para-hydroxylation sites is 1. The highest BCUT2D eigenvalue weighted by atomic mass is 32.2. The second-order valence-electron chi connectivity index (χ2n) is 6.42. The van der Waals surface area contributed by atoms with Gasteiger partial charge >= 0.3 is 0 Å². The van der Waals surface area contributed by atoms with Gasteiger partial charge in [-0.05, 0) is 42.0 Å². The van der Waals surface area contributed by atoms with Crippen LogP contribution < -0.4 is 9.46 Å². The predicted octanol–water partition coefficient (Wildman–Crippen LogP) is 4.33. The maximum atomic E-state index is 12.4. The summed E-state index contributed by atoms with van der Waals surface area (Å²) < 4.78 is 33.0. The highest BCUT2D eigenvalue weighted by Gasteiger charge is 2.13. The summed E-state index contributed by atoms with van der Waals surface area (Å²) in [6.45, 7) is 0.395. The molecule has 0 unspecified atom stereocenters. The van der Waals surface area contributed by atoms with Gasteiger partial charge in [0, 0.05) is 12.1 Å². The van der Waals surface area contributed by atoms with Gasteiger partial charge in [-0.3, -0.25) is 4.72 Å². The van der Waals surface area contributed by atoms with Crippen LogP contribution in [0.2, 0.25) is 0 Å². The Morgan fingerprint density at radius 1 is 0.931 bits per heavy atom. The standard InChI is InChI=1S/C23H23NO4S/c25-21(16-17-28-22-10-3-1-4-11-22)15-14-19-8-7-9-20(18-19)24-29(26,27)23-12-5-2-6-13-23/h1-15,18,21,24-25H,16-17H2/b15-14+/t21-/m0/s1. The lowest BCUT2D eigenvalue weighted by Crippen LogP contribution is -2.12. The summed E-state index contributed by atoms with van der Waals surface area (Å²) in [6.07, 6.45) is 3.21. The fourth-order valence-electron chi connectivity index (χ4n) is 2.65. The van der Waals surface area contributed by atoms with Gasteiger partial charge in [0.15, 0.2) is 0 Å². The third-order valence-corrected chi connectivity index (χ3v) is 5.53. The topological polar surface area (TPSA) is 75.6 Å². The van der Waals surface area contributed by atoms with Crippen LogP contribution in [0.4, 0.5) is 5.69 Å². The molecule has 1 atom stereocenters. The van der Waals surface area contributed by atoms with Crippen molar-refractivity contribution < 1.29 is 18.3 Å². The Hall–Kier alpha value is -3.09. The molecule has 3 aromatic rings. The number of hydrogen-bond acceptors (Lipinski definition) is 4. The molecule has 6 heteroatoms. The zero-order chi connectivity index (χ0) is 20.5. The molecule has 2 N–H and O–H groups in total. The fraction of sp³-hybridized carbons (Fsp3) is 0.130. The molecule has 0 saturated heterocycles. The molecule has 3 aromatic carbocycles. The Morgan fingerprint density at radius 3 is 2.34 bits per heavy atom. The minimum absolute atomic E-state index is 0.204. The molecule has 0 fully saturated rings. The van der Waals surface area contributed by atoms with E-state index in [1.165, 1.54) is 0 Å². The average molecular weight is 410 g/mol. The monoisotopic (exact) mass is 409 g/mol. The van der Waals surface area contributed by atoms with E-state index < -0.39 is 16.1 Å². The second kappa shape index (κ2) is 9.91. The zero-order valence-corrected chi connectivity index (χ0v) is 16.6. The van der Waals surface area contributed by atoms with E-state index in [2.05, 4.69) is 4.72 Å². The van der Waals surface area contributed by atoms with Gasteiger partial charge in [-0.2, -0.15) is 0 Å². The first kappa shape index (κ1) is 20.6. The molecule has 0 radical (unpaired) electrons. The number of benzene rings is 3. The van der Waals surface area contributed by atoms with Crippen LogP contribution in [0.1, 0.15) is 12.0 Å². The van der Waals surface area contributed by atoms with Gasteiger partial charge in [0.05, 0.1) is 17.6 Å². The Bertz CT molecular complexity index is 1030. The van der Waals surface area contributed by atoms with Gasteiger partial charge < -0.3 is 9.84 Å². The number of sulfonamides is 1. The summed E-state index contributed by atoms with van der Waals surface area (Å²) in [5, 5.41) is 10.1. The van der Waals surface area contributed by atoms with Gasteiger partial charge in [-0.15, -0.1) is 0 Å². The van der Waals surface area contributed by atoms with Gasteiger partial charge in [0.1, 0.15) is 5.75 Å². The third kappa shape index (κ3) is 6.48. The first-order valence-corrected chi connectivity index (χ1v) is 10.7. The highest BCUT2D eigenvalue weighted by Crippen LogP contribution is 2.18. The van der Waals surface area contributed by atoms with Crippen molar-refractivity contribution in [3.8, 4) is 5.75 Å². The highest BCUT2D eigenvalue weighted by molar-refractivity contribution is 7.92. The summed E-state index contributed by atoms with van der Waals surface area (Å²) in [4.78, 5) is 0.204. The number of hydrogen-bond donors (Lipinski definition) is 2. The SMILES string of the molecule is O=S(=O)(Nc1cccc(/C=C/[C@H](O)CCOc2ccccc2)c1)c1ccccc1. The maximum Gasteiger partial charge on any atom is 0.261 e. The normalized spacial score (nSPS) is 12.6. The molecular formula is C23H23NO4S. The van der Waals surface area contributed by atoms with Gasteiger partial charge in [0.2, 0.25) is 0 Å². The summed E-state index contributed by atoms with van der Waals surface area (Å²) in [7, 11) is -3.64. The van der Waals surface area contributed by atoms with Gasteiger partial charge in [-0.1, -0.05) is 60.7 Å². The van der Waals surface area contributed by atoms with Gasteiger partial charge in [-0.25, -0.2) is 8.42 Å². The molecule has 0 aliphatic rings. The fourth-order valence-corrected chi connectivity index (χ4v) is 3.72. The molecule has 0 aliphatic heterocycles. The van der Waals surface area contributed by atoms with E-state index in [1.807, 2.05) is 36.4 Å². The van der Waals surface area contributed by atoms with Crippen LogP contribution in [0.25, 0.3) is 6.08 Å². The second-order valence-corrected chi connectivity index (χ2v) is 8.10. The first-order valence-electron chi connectivity index (χ1n) is 9.25. The van der Waals surface area contributed by atoms with E-state index in [0.29, 0.717) is 18.7 Å². The number of ether oxygens (including phenoxy) is 1. The Balaban J connectivity index is 1.56. The van der Waals surface area contributed by atoms with E-state index >= 15 is 0 Å². The van der Waals surface area contributed by atoms with Crippen LogP contribution in [-0.4, -0.2) is 26.2 Å². The molecule has 0 spiro atoms. The molecule has 0 saturated carbocycles. The van der Waals surface area contributed by atoms with Crippen molar-refractivity contribution in [3.05, 3.63) is 96.6 Å². The van der Waals surface area contributed by atoms with Crippen LogP contribution in [0, 0.1) is 0 Å². The number of rotatable bonds is 9. The number of nitrogens with one attached hydrogen (secondary N) is 1. The van der Waals surface area contributed by atoms with E-state index in [0.717, 1.165) is 11.3 Å². The minimum Gasteiger partial charge on any atom is -0.493 e. The predicted molar refractivity (Wildman–Crippen MR) is 115 cm³/mol. The summed E-state index contributed by atoms with van der Waals surface area (Å²) in [5.41, 5.74) is 1.24. The number of anilines is 1. The van der Waals surface area contributed by atoms with Crippen molar-refractivity contribution in [2.24, 2.45) is 0 Å². The summed E-state index contributed by atoms with van der Waals surface area (Å²) in [5.74, 6) is 0.766. The Labute approximate surface area is 171 Å². The maximum absolute atomic E-state index is 12.4. The third-order valence-electron chi connectivity index (χ3n) is 4.13. The van der Waals surface area contributed by atoms with Crippen molar-refractivity contribution in [2.45, 2.75) is 17.4 Å². The van der Waals surface area contributed by atoms with E-state index in [4.69, 9.17) is 4.74 Å².